The topological polar surface area (TPSA) is 120 Å². The quantitative estimate of drug-likeness (QED) is 0.209. The summed E-state index contributed by atoms with van der Waals surface area (Å²) in [5.74, 6) is -3.39. The van der Waals surface area contributed by atoms with E-state index in [4.69, 9.17) is 21.2 Å². The summed E-state index contributed by atoms with van der Waals surface area (Å²) < 4.78 is 44.7. The molecule has 0 saturated heterocycles. The summed E-state index contributed by atoms with van der Waals surface area (Å²) >= 11 is 0. The van der Waals surface area contributed by atoms with Crippen LogP contribution in [0.1, 0.15) is 42.3 Å². The zero-order valence-electron chi connectivity index (χ0n) is 19.8. The molecule has 2 aromatic rings. The molecule has 0 saturated carbocycles. The molecule has 0 heterocycles. The van der Waals surface area contributed by atoms with E-state index in [1.54, 1.807) is 0 Å². The molecule has 0 aliphatic rings. The van der Waals surface area contributed by atoms with Crippen molar-refractivity contribution in [2.24, 2.45) is 0 Å². The second-order valence-electron chi connectivity index (χ2n) is 8.19. The highest BCUT2D eigenvalue weighted by atomic mass is 19.2. The summed E-state index contributed by atoms with van der Waals surface area (Å²) in [7, 11) is 0. The second kappa shape index (κ2) is 12.4. The molecule has 0 aromatic heterocycles. The van der Waals surface area contributed by atoms with E-state index in [-0.39, 0.29) is 24.5 Å². The molecule has 0 spiro atoms. The van der Waals surface area contributed by atoms with Gasteiger partial charge < -0.3 is 15.5 Å². The molecule has 12 heteroatoms. The van der Waals surface area contributed by atoms with Gasteiger partial charge in [-0.1, -0.05) is 5.92 Å². The Morgan fingerprint density at radius 2 is 1.89 bits per heavy atom. The fraction of sp³-hybridized carbons (Fsp3) is 0.333. The van der Waals surface area contributed by atoms with Gasteiger partial charge in [0.25, 0.3) is 5.91 Å². The van der Waals surface area contributed by atoms with Crippen LogP contribution in [-0.2, 0) is 21.0 Å². The van der Waals surface area contributed by atoms with Gasteiger partial charge in [-0.05, 0) is 38.1 Å². The maximum absolute atomic E-state index is 15.2. The van der Waals surface area contributed by atoms with E-state index in [0.29, 0.717) is 5.06 Å². The Labute approximate surface area is 205 Å². The molecule has 2 aromatic carbocycles. The lowest BCUT2D eigenvalue weighted by atomic mass is 10.0. The summed E-state index contributed by atoms with van der Waals surface area (Å²) in [6.45, 7) is 2.23. The van der Waals surface area contributed by atoms with Crippen LogP contribution in [0.4, 0.5) is 24.5 Å². The predicted octanol–water partition coefficient (Wildman–Crippen LogP) is 2.53. The number of benzene rings is 2. The number of terminal acetylenes is 1. The molecule has 0 fully saturated rings. The number of rotatable bonds is 11. The van der Waals surface area contributed by atoms with Crippen molar-refractivity contribution in [3.8, 4) is 12.3 Å². The average molecular weight is 509 g/mol. The zero-order chi connectivity index (χ0) is 27.0. The summed E-state index contributed by atoms with van der Waals surface area (Å²) in [5.41, 5.74) is -1.16. The minimum absolute atomic E-state index is 0.200. The molecule has 4 N–H and O–H groups in total. The van der Waals surface area contributed by atoms with Gasteiger partial charge in [-0.15, -0.1) is 6.42 Å². The molecule has 0 unspecified atom stereocenters. The van der Waals surface area contributed by atoms with Crippen LogP contribution in [0.2, 0.25) is 0 Å². The van der Waals surface area contributed by atoms with Gasteiger partial charge in [0.05, 0.1) is 42.3 Å². The number of aliphatic hydroxyl groups excluding tert-OH is 1. The number of aliphatic hydroxyl groups is 2. The molecule has 0 atom stereocenters. The lowest BCUT2D eigenvalue weighted by Gasteiger charge is -2.25. The van der Waals surface area contributed by atoms with Gasteiger partial charge in [-0.3, -0.25) is 19.3 Å². The number of hydroxylamine groups is 3. The van der Waals surface area contributed by atoms with Crippen LogP contribution in [0.5, 0.6) is 0 Å². The lowest BCUT2D eigenvalue weighted by molar-refractivity contribution is -0.205. The van der Waals surface area contributed by atoms with E-state index in [9.17, 15) is 19.1 Å². The first-order valence-corrected chi connectivity index (χ1v) is 10.6. The van der Waals surface area contributed by atoms with Crippen LogP contribution in [0, 0.1) is 29.8 Å². The Balaban J connectivity index is 2.52. The Bertz CT molecular complexity index is 1160. The number of amides is 2. The molecule has 2 amide bonds. The normalized spacial score (nSPS) is 11.1. The second-order valence-corrected chi connectivity index (χ2v) is 8.19. The highest BCUT2D eigenvalue weighted by molar-refractivity contribution is 6.00. The van der Waals surface area contributed by atoms with Gasteiger partial charge in [0.15, 0.2) is 11.6 Å². The third-order valence-electron chi connectivity index (χ3n) is 4.52. The molecule has 2 rings (SSSR count). The van der Waals surface area contributed by atoms with Crippen LogP contribution in [0.3, 0.4) is 0 Å². The van der Waals surface area contributed by atoms with Gasteiger partial charge in [-0.25, -0.2) is 23.7 Å². The van der Waals surface area contributed by atoms with Crippen LogP contribution in [0.15, 0.2) is 24.3 Å². The Hall–Kier alpha value is -3.63. The third-order valence-corrected chi connectivity index (χ3v) is 4.52. The van der Waals surface area contributed by atoms with Gasteiger partial charge in [-0.2, -0.15) is 0 Å². The first-order chi connectivity index (χ1) is 16.9. The van der Waals surface area contributed by atoms with E-state index in [1.807, 2.05) is 5.48 Å². The highest BCUT2D eigenvalue weighted by Crippen LogP contribution is 2.31. The smallest absolute Gasteiger partial charge is 0.277 e. The number of nitrogens with zero attached hydrogens (tertiary/aromatic N) is 1. The molecule has 0 bridgehead atoms. The van der Waals surface area contributed by atoms with Crippen LogP contribution in [-0.4, -0.2) is 52.5 Å². The van der Waals surface area contributed by atoms with E-state index >= 15 is 8.78 Å². The summed E-state index contributed by atoms with van der Waals surface area (Å²) in [6.07, 6.45) is 5.23. The highest BCUT2D eigenvalue weighted by Gasteiger charge is 2.26. The van der Waals surface area contributed by atoms with Gasteiger partial charge in [0.1, 0.15) is 12.4 Å². The first kappa shape index (κ1) is 28.6. The Morgan fingerprint density at radius 1 is 1.19 bits per heavy atom. The number of halogens is 3. The average Bonchev–Trinajstić information content (AvgIpc) is 2.81. The number of nitrogens with one attached hydrogen (secondary N) is 2. The molecular weight excluding hydrogens is 483 g/mol. The number of anilines is 2. The maximum atomic E-state index is 15.2. The number of carbonyl (C=O) groups is 2. The van der Waals surface area contributed by atoms with Gasteiger partial charge in [0, 0.05) is 18.1 Å². The maximum Gasteiger partial charge on any atom is 0.277 e. The van der Waals surface area contributed by atoms with E-state index < -0.39 is 64.8 Å². The van der Waals surface area contributed by atoms with Crippen molar-refractivity contribution >= 4 is 23.2 Å². The van der Waals surface area contributed by atoms with Crippen LogP contribution >= 0.6 is 0 Å². The largest absolute Gasteiger partial charge is 0.394 e. The molecule has 0 radical (unpaired) electrons. The fourth-order valence-corrected chi connectivity index (χ4v) is 2.79. The number of hydrogen-bond acceptors (Lipinski definition) is 7. The van der Waals surface area contributed by atoms with Crippen molar-refractivity contribution in [3.63, 3.8) is 0 Å². The van der Waals surface area contributed by atoms with Crippen molar-refractivity contribution in [2.45, 2.75) is 32.9 Å². The predicted molar refractivity (Wildman–Crippen MR) is 123 cm³/mol. The standard InChI is InChI=1S/C24H26F3N3O6/c1-5-15-6-7-19(18(25)10-15)28-22-17(23(33)29-35-9-8-31)11-16(20(26)21(22)27)12-30(14(2)32)36-13-24(3,4)34/h1,6-7,10-11,28,31,34H,8-9,12-13H2,2-4H3,(H,29,33). The van der Waals surface area contributed by atoms with E-state index in [2.05, 4.69) is 11.2 Å². The van der Waals surface area contributed by atoms with Crippen molar-refractivity contribution in [3.05, 3.63) is 58.4 Å². The molecule has 0 aliphatic carbocycles. The summed E-state index contributed by atoms with van der Waals surface area (Å²) in [6, 6.07) is 4.44. The number of hydrogen-bond donors (Lipinski definition) is 4. The van der Waals surface area contributed by atoms with Crippen molar-refractivity contribution in [1.82, 2.24) is 10.5 Å². The van der Waals surface area contributed by atoms with E-state index in [1.165, 1.54) is 26.0 Å². The van der Waals surface area contributed by atoms with Crippen LogP contribution < -0.4 is 10.8 Å². The Morgan fingerprint density at radius 3 is 2.44 bits per heavy atom. The van der Waals surface area contributed by atoms with Crippen molar-refractivity contribution in [2.75, 3.05) is 25.1 Å². The monoisotopic (exact) mass is 509 g/mol. The van der Waals surface area contributed by atoms with Crippen molar-refractivity contribution in [1.29, 1.82) is 0 Å². The SMILES string of the molecule is C#Cc1ccc(Nc2c(C(=O)NOCCO)cc(CN(OCC(C)(C)O)C(C)=O)c(F)c2F)c(F)c1. The number of carbonyl (C=O) groups excluding carboxylic acids is 2. The third kappa shape index (κ3) is 7.69. The molecular formula is C24H26F3N3O6. The van der Waals surface area contributed by atoms with E-state index in [0.717, 1.165) is 19.1 Å². The Kier molecular flexibility index (Phi) is 9.83. The van der Waals surface area contributed by atoms with Crippen molar-refractivity contribution < 1.29 is 42.6 Å². The van der Waals surface area contributed by atoms with Crippen LogP contribution in [0.25, 0.3) is 0 Å². The first-order valence-electron chi connectivity index (χ1n) is 10.6. The minimum Gasteiger partial charge on any atom is -0.394 e. The van der Waals surface area contributed by atoms with Gasteiger partial charge >= 0.3 is 0 Å². The summed E-state index contributed by atoms with van der Waals surface area (Å²) in [5, 5.41) is 21.7. The molecule has 9 nitrogen and oxygen atoms in total. The summed E-state index contributed by atoms with van der Waals surface area (Å²) in [4.78, 5) is 34.6. The molecule has 0 aliphatic heterocycles. The molecule has 194 valence electrons. The minimum atomic E-state index is -1.55. The zero-order valence-corrected chi connectivity index (χ0v) is 19.8. The lowest BCUT2D eigenvalue weighted by Crippen LogP contribution is -2.36. The van der Waals surface area contributed by atoms with Gasteiger partial charge in [0.2, 0.25) is 5.91 Å². The fourth-order valence-electron chi connectivity index (χ4n) is 2.79. The molecule has 36 heavy (non-hydrogen) atoms.